The Balaban J connectivity index is -0.0000000296. The monoisotopic (exact) mass is 342 g/mol. The van der Waals surface area contributed by atoms with Gasteiger partial charge in [0.2, 0.25) is 0 Å². The first kappa shape index (κ1) is 32.5. The van der Waals surface area contributed by atoms with E-state index in [1.165, 1.54) is 0 Å². The number of aliphatic carboxylic acids is 2. The molecule has 0 aromatic rings. The molecule has 0 unspecified atom stereocenters. The summed E-state index contributed by atoms with van der Waals surface area (Å²) in [6.07, 6.45) is 0. The number of carbonyl (C=O) groups excluding carboxylic acids is 2. The molecule has 0 spiro atoms. The Kier molecular flexibility index (Phi) is 33.5. The Hall–Kier alpha value is 1.58. The number of carboxylic acids is 2. The zero-order valence-corrected chi connectivity index (χ0v) is 18.6. The summed E-state index contributed by atoms with van der Waals surface area (Å²) >= 11 is 6.41. The third kappa shape index (κ3) is 32.8. The second kappa shape index (κ2) is 19.6. The summed E-state index contributed by atoms with van der Waals surface area (Å²) in [4.78, 5) is 40.3. The molecule has 0 aliphatic carbocycles. The van der Waals surface area contributed by atoms with E-state index in [0.29, 0.717) is 4.90 Å². The smallest absolute Gasteiger partial charge is 1.00 e. The van der Waals surface area contributed by atoms with E-state index in [2.05, 4.69) is 31.0 Å². The molecule has 98 valence electrons. The molecule has 4 N–H and O–H groups in total. The predicted octanol–water partition coefficient (Wildman–Crippen LogP) is -9.15. The van der Waals surface area contributed by atoms with Crippen LogP contribution in [0.5, 0.6) is 0 Å². The van der Waals surface area contributed by atoms with Crippen LogP contribution in [0, 0.1) is 0 Å². The zero-order valence-electron chi connectivity index (χ0n) is 13.9. The molecule has 0 bridgehead atoms. The fraction of sp³-hybridized carbons (Fsp3) is 0.333. The van der Waals surface area contributed by atoms with Gasteiger partial charge in [0, 0.05) is 0 Å². The minimum absolute atomic E-state index is 0. The Morgan fingerprint density at radius 2 is 1.16 bits per heavy atom. The third-order valence-electron chi connectivity index (χ3n) is 0.923. The Morgan fingerprint density at radius 3 is 1.26 bits per heavy atom. The van der Waals surface area contributed by atoms with Crippen LogP contribution in [-0.4, -0.2) is 50.6 Å². The summed E-state index contributed by atoms with van der Waals surface area (Å²) < 4.78 is 0. The normalized spacial score (nSPS) is 7.05. The first-order chi connectivity index (χ1) is 7.16. The van der Waals surface area contributed by atoms with Crippen molar-refractivity contribution in [3.63, 3.8) is 0 Å². The fourth-order valence-corrected chi connectivity index (χ4v) is 0.659. The van der Waals surface area contributed by atoms with Crippen LogP contribution in [-0.2, 0) is 9.59 Å². The van der Waals surface area contributed by atoms with Gasteiger partial charge in [0.1, 0.15) is 13.1 Å². The van der Waals surface area contributed by atoms with Gasteiger partial charge in [0.25, 0.3) is 10.5 Å². The van der Waals surface area contributed by atoms with E-state index < -0.39 is 35.5 Å². The molecule has 0 aliphatic heterocycles. The molecule has 2 amide bonds. The minimum Gasteiger partial charge on any atom is -1.00 e. The molecule has 19 heavy (non-hydrogen) atoms. The average molecular weight is 342 g/mol. The van der Waals surface area contributed by atoms with Crippen LogP contribution in [0.1, 0.15) is 4.28 Å². The summed E-state index contributed by atoms with van der Waals surface area (Å²) in [5.74, 6) is -2.56. The molecule has 0 heterocycles. The SMILES string of the molecule is NC(=O)S.O=C(O)CN(CC(=O)O)C(=O)S.[H-].[H-].[H-].[Na+].[Na+].[Na+]. The summed E-state index contributed by atoms with van der Waals surface area (Å²) in [6.45, 7) is -1.32. The summed E-state index contributed by atoms with van der Waals surface area (Å²) in [7, 11) is 0. The molecular weight excluding hydrogens is 329 g/mol. The van der Waals surface area contributed by atoms with Crippen LogP contribution in [0.4, 0.5) is 9.59 Å². The van der Waals surface area contributed by atoms with Gasteiger partial charge in [-0.3, -0.25) is 19.2 Å². The molecular formula is C6H13N2Na3O6S2. The third-order valence-corrected chi connectivity index (χ3v) is 1.21. The van der Waals surface area contributed by atoms with Gasteiger partial charge < -0.3 is 25.1 Å². The number of primary amides is 1. The number of nitrogens with zero attached hydrogens (tertiary/aromatic N) is 1. The maximum atomic E-state index is 10.5. The van der Waals surface area contributed by atoms with E-state index in [1.54, 1.807) is 0 Å². The second-order valence-electron chi connectivity index (χ2n) is 2.26. The number of nitrogens with two attached hydrogens (primary N) is 1. The van der Waals surface area contributed by atoms with Gasteiger partial charge in [-0.1, -0.05) is 25.3 Å². The van der Waals surface area contributed by atoms with Crippen molar-refractivity contribution < 1.29 is 122 Å². The molecule has 0 atom stereocenters. The van der Waals surface area contributed by atoms with Crippen LogP contribution < -0.4 is 94.4 Å². The molecule has 8 nitrogen and oxygen atoms in total. The average Bonchev–Trinajstić information content (AvgIpc) is 1.99. The number of thiol groups is 2. The standard InChI is InChI=1S/C5H7NO5S.CH3NOS.3Na.3H/c7-3(8)1-6(5(11)12)2-4(9)10;2-1(3)4;;;;;;/h1-2H2,(H,7,8)(H,9,10)(H,11,12);(H3,2,3,4);;;;;;/q;;3*+1;3*-1. The van der Waals surface area contributed by atoms with Gasteiger partial charge in [0.15, 0.2) is 0 Å². The molecule has 0 rings (SSSR count). The molecule has 0 fully saturated rings. The molecule has 0 saturated carbocycles. The van der Waals surface area contributed by atoms with Crippen molar-refractivity contribution in [3.05, 3.63) is 0 Å². The van der Waals surface area contributed by atoms with Crippen molar-refractivity contribution in [1.29, 1.82) is 0 Å². The first-order valence-corrected chi connectivity index (χ1v) is 4.46. The number of rotatable bonds is 4. The van der Waals surface area contributed by atoms with Gasteiger partial charge in [-0.2, -0.15) is 0 Å². The number of amides is 2. The summed E-state index contributed by atoms with van der Waals surface area (Å²) in [5, 5.41) is 14.9. The van der Waals surface area contributed by atoms with E-state index in [9.17, 15) is 14.4 Å². The van der Waals surface area contributed by atoms with Crippen LogP contribution in [0.2, 0.25) is 0 Å². The number of carbonyl (C=O) groups is 4. The molecule has 0 aliphatic rings. The van der Waals surface area contributed by atoms with Crippen LogP contribution in [0.15, 0.2) is 0 Å². The maximum absolute atomic E-state index is 10.5. The van der Waals surface area contributed by atoms with E-state index in [-0.39, 0.29) is 93.0 Å². The van der Waals surface area contributed by atoms with Gasteiger partial charge in [0.05, 0.1) is 0 Å². The van der Waals surface area contributed by atoms with Gasteiger partial charge in [-0.15, -0.1) is 0 Å². The quantitative estimate of drug-likeness (QED) is 0.254. The van der Waals surface area contributed by atoms with Crippen LogP contribution in [0.25, 0.3) is 0 Å². The fourth-order valence-electron chi connectivity index (χ4n) is 0.518. The molecule has 0 radical (unpaired) electrons. The van der Waals surface area contributed by atoms with Crippen molar-refractivity contribution in [2.75, 3.05) is 13.1 Å². The largest absolute Gasteiger partial charge is 1.00 e. The van der Waals surface area contributed by atoms with Gasteiger partial charge >= 0.3 is 101 Å². The van der Waals surface area contributed by atoms with Crippen molar-refractivity contribution in [2.45, 2.75) is 0 Å². The molecule has 0 aromatic heterocycles. The molecule has 13 heteroatoms. The number of hydrogen-bond acceptors (Lipinski definition) is 4. The van der Waals surface area contributed by atoms with Crippen LogP contribution in [0.3, 0.4) is 0 Å². The van der Waals surface area contributed by atoms with Crippen molar-refractivity contribution >= 4 is 47.7 Å². The van der Waals surface area contributed by atoms with Crippen LogP contribution >= 0.6 is 25.3 Å². The van der Waals surface area contributed by atoms with E-state index >= 15 is 0 Å². The Morgan fingerprint density at radius 1 is 0.947 bits per heavy atom. The molecule has 0 saturated heterocycles. The Bertz CT molecular complexity index is 299. The number of hydrogen-bond donors (Lipinski definition) is 5. The van der Waals surface area contributed by atoms with Crippen molar-refractivity contribution in [1.82, 2.24) is 4.90 Å². The Labute approximate surface area is 191 Å². The maximum Gasteiger partial charge on any atom is 1.00 e. The molecule has 0 aromatic carbocycles. The first-order valence-electron chi connectivity index (χ1n) is 3.56. The van der Waals surface area contributed by atoms with E-state index in [0.717, 1.165) is 0 Å². The topological polar surface area (TPSA) is 138 Å². The van der Waals surface area contributed by atoms with E-state index in [4.69, 9.17) is 15.0 Å². The summed E-state index contributed by atoms with van der Waals surface area (Å²) in [5.41, 5.74) is 4.34. The van der Waals surface area contributed by atoms with Gasteiger partial charge in [-0.25, -0.2) is 0 Å². The summed E-state index contributed by atoms with van der Waals surface area (Å²) in [6, 6.07) is 0. The van der Waals surface area contributed by atoms with Gasteiger partial charge in [-0.05, 0) is 0 Å². The van der Waals surface area contributed by atoms with Crippen molar-refractivity contribution in [2.24, 2.45) is 5.73 Å². The second-order valence-corrected chi connectivity index (χ2v) is 3.09. The number of carboxylic acid groups (broad SMARTS) is 2. The van der Waals surface area contributed by atoms with E-state index in [1.807, 2.05) is 0 Å². The van der Waals surface area contributed by atoms with Crippen molar-refractivity contribution in [3.8, 4) is 0 Å². The predicted molar refractivity (Wildman–Crippen MR) is 63.1 cm³/mol. The minimum atomic E-state index is -1.28. The zero-order chi connectivity index (χ0) is 13.3.